The molecule has 0 amide bonds. The summed E-state index contributed by atoms with van der Waals surface area (Å²) in [5.74, 6) is -0.537. The Labute approximate surface area is 299 Å². The van der Waals surface area contributed by atoms with Gasteiger partial charge in [-0.1, -0.05) is 194 Å². The molecular weight excluding hydrogens is 598 g/mol. The van der Waals surface area contributed by atoms with E-state index in [2.05, 4.69) is 19.3 Å². The van der Waals surface area contributed by atoms with Crippen molar-refractivity contribution in [1.82, 2.24) is 5.48 Å². The monoisotopic (exact) mass is 682 g/mol. The number of hydrogen-bond acceptors (Lipinski definition) is 6. The van der Waals surface area contributed by atoms with Crippen LogP contribution < -0.4 is 5.48 Å². The summed E-state index contributed by atoms with van der Waals surface area (Å²) < 4.78 is 11.3. The van der Waals surface area contributed by atoms with Crippen LogP contribution in [0.2, 0.25) is 0 Å². The van der Waals surface area contributed by atoms with Gasteiger partial charge < -0.3 is 14.7 Å². The Morgan fingerprint density at radius 3 is 0.875 bits per heavy atom. The molecule has 0 radical (unpaired) electrons. The van der Waals surface area contributed by atoms with Crippen molar-refractivity contribution in [1.29, 1.82) is 0 Å². The average Bonchev–Trinajstić information content (AvgIpc) is 3.07. The molecule has 6 heteroatoms. The average molecular weight is 682 g/mol. The Morgan fingerprint density at radius 2 is 0.667 bits per heavy atom. The van der Waals surface area contributed by atoms with E-state index in [9.17, 15) is 14.8 Å². The summed E-state index contributed by atoms with van der Waals surface area (Å²) in [7, 11) is 0. The fraction of sp³-hybridized carbons (Fsp3) is 0.952. The van der Waals surface area contributed by atoms with Gasteiger partial charge in [0.1, 0.15) is 17.7 Å². The smallest absolute Gasteiger partial charge is 0.306 e. The van der Waals surface area contributed by atoms with Gasteiger partial charge in [-0.05, 0) is 33.6 Å². The number of rotatable bonds is 37. The number of esters is 2. The molecule has 0 aliphatic rings. The van der Waals surface area contributed by atoms with Crippen LogP contribution in [0.4, 0.5) is 0 Å². The van der Waals surface area contributed by atoms with Gasteiger partial charge in [0, 0.05) is 12.8 Å². The van der Waals surface area contributed by atoms with Crippen LogP contribution in [0, 0.1) is 0 Å². The maximum atomic E-state index is 12.5. The SMILES string of the molecule is CCCCCCCCCCCCCCCCCC(=O)OC(C)C(C)(NO)C(C)OC(=O)CCCCCCCCCCCCCCCCC. The summed E-state index contributed by atoms with van der Waals surface area (Å²) in [6, 6.07) is 0. The first-order valence-electron chi connectivity index (χ1n) is 21.1. The standard InChI is InChI=1S/C42H83NO5/c1-6-8-10-12-14-16-18-20-22-24-26-28-30-32-34-36-40(44)47-38(3)42(5,43-46)39(4)48-41(45)37-35-33-31-29-27-25-23-21-19-17-15-13-11-9-7-2/h38-39,43,46H,6-37H2,1-5H3. The number of ether oxygens (including phenoxy) is 2. The molecule has 6 nitrogen and oxygen atoms in total. The van der Waals surface area contributed by atoms with Crippen molar-refractivity contribution >= 4 is 11.9 Å². The summed E-state index contributed by atoms with van der Waals surface area (Å²) in [4.78, 5) is 25.0. The summed E-state index contributed by atoms with van der Waals surface area (Å²) in [5.41, 5.74) is 1.19. The molecule has 0 bridgehead atoms. The van der Waals surface area contributed by atoms with Crippen molar-refractivity contribution in [3.63, 3.8) is 0 Å². The maximum absolute atomic E-state index is 12.5. The first-order chi connectivity index (χ1) is 23.3. The van der Waals surface area contributed by atoms with Crippen molar-refractivity contribution in [2.75, 3.05) is 0 Å². The molecule has 0 saturated carbocycles. The molecule has 0 aromatic rings. The van der Waals surface area contributed by atoms with Crippen LogP contribution in [-0.2, 0) is 19.1 Å². The van der Waals surface area contributed by atoms with Gasteiger partial charge in [0.25, 0.3) is 0 Å². The molecule has 0 fully saturated rings. The lowest BCUT2D eigenvalue weighted by Gasteiger charge is -2.38. The molecule has 0 aromatic heterocycles. The van der Waals surface area contributed by atoms with Crippen molar-refractivity contribution < 1.29 is 24.3 Å². The Kier molecular flexibility index (Phi) is 33.5. The summed E-state index contributed by atoms with van der Waals surface area (Å²) in [6.45, 7) is 9.75. The lowest BCUT2D eigenvalue weighted by molar-refractivity contribution is -0.170. The number of nitrogens with one attached hydrogen (secondary N) is 1. The van der Waals surface area contributed by atoms with Crippen molar-refractivity contribution in [3.05, 3.63) is 0 Å². The highest BCUT2D eigenvalue weighted by Gasteiger charge is 2.41. The minimum absolute atomic E-state index is 0.269. The quantitative estimate of drug-likeness (QED) is 0.0386. The highest BCUT2D eigenvalue weighted by atomic mass is 16.6. The second kappa shape index (κ2) is 34.3. The maximum Gasteiger partial charge on any atom is 0.306 e. The lowest BCUT2D eigenvalue weighted by atomic mass is 9.90. The van der Waals surface area contributed by atoms with E-state index < -0.39 is 17.7 Å². The van der Waals surface area contributed by atoms with Crippen LogP contribution >= 0.6 is 0 Å². The highest BCUT2D eigenvalue weighted by Crippen LogP contribution is 2.23. The zero-order valence-corrected chi connectivity index (χ0v) is 32.9. The molecule has 48 heavy (non-hydrogen) atoms. The molecule has 0 rings (SSSR count). The van der Waals surface area contributed by atoms with Gasteiger partial charge in [-0.3, -0.25) is 9.59 Å². The van der Waals surface area contributed by atoms with E-state index in [4.69, 9.17) is 9.47 Å². The molecule has 2 N–H and O–H groups in total. The van der Waals surface area contributed by atoms with E-state index in [1.807, 2.05) is 0 Å². The molecule has 0 heterocycles. The van der Waals surface area contributed by atoms with Gasteiger partial charge in [-0.25, -0.2) is 0 Å². The second-order valence-corrected chi connectivity index (χ2v) is 15.1. The van der Waals surface area contributed by atoms with Gasteiger partial charge in [0.15, 0.2) is 0 Å². The van der Waals surface area contributed by atoms with Crippen LogP contribution in [0.25, 0.3) is 0 Å². The largest absolute Gasteiger partial charge is 0.460 e. The lowest BCUT2D eigenvalue weighted by Crippen LogP contribution is -2.59. The normalized spacial score (nSPS) is 14.0. The molecular formula is C42H83NO5. The fourth-order valence-electron chi connectivity index (χ4n) is 6.55. The molecule has 0 saturated heterocycles. The van der Waals surface area contributed by atoms with E-state index in [-0.39, 0.29) is 11.9 Å². The minimum atomic E-state index is -1.09. The van der Waals surface area contributed by atoms with E-state index in [0.29, 0.717) is 12.8 Å². The van der Waals surface area contributed by atoms with Gasteiger partial charge in [-0.2, -0.15) is 5.48 Å². The molecule has 0 aliphatic heterocycles. The highest BCUT2D eigenvalue weighted by molar-refractivity contribution is 5.70. The van der Waals surface area contributed by atoms with Crippen LogP contribution in [0.3, 0.4) is 0 Å². The number of carbonyl (C=O) groups is 2. The zero-order chi connectivity index (χ0) is 35.6. The van der Waals surface area contributed by atoms with E-state index in [0.717, 1.165) is 38.5 Å². The van der Waals surface area contributed by atoms with Crippen LogP contribution in [0.15, 0.2) is 0 Å². The molecule has 2 unspecified atom stereocenters. The molecule has 2 atom stereocenters. The third-order valence-electron chi connectivity index (χ3n) is 10.5. The third-order valence-corrected chi connectivity index (χ3v) is 10.5. The van der Waals surface area contributed by atoms with Gasteiger partial charge >= 0.3 is 11.9 Å². The first kappa shape index (κ1) is 46.9. The number of carbonyl (C=O) groups excluding carboxylic acids is 2. The molecule has 0 aromatic carbocycles. The van der Waals surface area contributed by atoms with Gasteiger partial charge in [-0.15, -0.1) is 0 Å². The van der Waals surface area contributed by atoms with Crippen LogP contribution in [0.1, 0.15) is 240 Å². The predicted octanol–water partition coefficient (Wildman–Crippen LogP) is 13.1. The summed E-state index contributed by atoms with van der Waals surface area (Å²) >= 11 is 0. The topological polar surface area (TPSA) is 84.9 Å². The number of unbranched alkanes of at least 4 members (excludes halogenated alkanes) is 28. The predicted molar refractivity (Wildman–Crippen MR) is 204 cm³/mol. The van der Waals surface area contributed by atoms with Gasteiger partial charge in [0.05, 0.1) is 0 Å². The van der Waals surface area contributed by atoms with Crippen LogP contribution in [0.5, 0.6) is 0 Å². The minimum Gasteiger partial charge on any atom is -0.460 e. The Morgan fingerprint density at radius 1 is 0.458 bits per heavy atom. The van der Waals surface area contributed by atoms with Crippen LogP contribution in [-0.4, -0.2) is 34.9 Å². The molecule has 286 valence electrons. The zero-order valence-electron chi connectivity index (χ0n) is 32.9. The molecule has 0 aliphatic carbocycles. The Bertz CT molecular complexity index is 660. The summed E-state index contributed by atoms with van der Waals surface area (Å²) in [5, 5.41) is 9.95. The van der Waals surface area contributed by atoms with E-state index in [1.54, 1.807) is 20.8 Å². The Hall–Kier alpha value is -1.14. The first-order valence-corrected chi connectivity index (χ1v) is 21.1. The second-order valence-electron chi connectivity index (χ2n) is 15.1. The molecule has 0 spiro atoms. The van der Waals surface area contributed by atoms with Gasteiger partial charge in [0.2, 0.25) is 0 Å². The van der Waals surface area contributed by atoms with Crippen molar-refractivity contribution in [3.8, 4) is 0 Å². The number of hydroxylamine groups is 1. The Balaban J connectivity index is 3.87. The fourth-order valence-corrected chi connectivity index (χ4v) is 6.55. The van der Waals surface area contributed by atoms with E-state index >= 15 is 0 Å². The van der Waals surface area contributed by atoms with Crippen molar-refractivity contribution in [2.45, 2.75) is 258 Å². The number of hydrogen-bond donors (Lipinski definition) is 2. The van der Waals surface area contributed by atoms with Crippen molar-refractivity contribution in [2.24, 2.45) is 0 Å². The summed E-state index contributed by atoms with van der Waals surface area (Å²) in [6.07, 6.45) is 38.0. The van der Waals surface area contributed by atoms with E-state index in [1.165, 1.54) is 154 Å². The third kappa shape index (κ3) is 27.7.